The Kier molecular flexibility index (Phi) is 3.62. The topological polar surface area (TPSA) is 90.0 Å². The predicted molar refractivity (Wildman–Crippen MR) is 52.1 cm³/mol. The first-order chi connectivity index (χ1) is 6.56. The first kappa shape index (κ1) is 11.2. The number of sulfonamides is 1. The molecule has 0 unspecified atom stereocenters. The maximum Gasteiger partial charge on any atom is 0.243 e. The van der Waals surface area contributed by atoms with E-state index in [2.05, 4.69) is 9.82 Å². The van der Waals surface area contributed by atoms with Crippen LogP contribution in [-0.4, -0.2) is 31.3 Å². The van der Waals surface area contributed by atoms with E-state index in [4.69, 9.17) is 5.73 Å². The van der Waals surface area contributed by atoms with Crippen molar-refractivity contribution in [1.29, 1.82) is 0 Å². The van der Waals surface area contributed by atoms with E-state index in [1.807, 2.05) is 0 Å². The molecule has 0 atom stereocenters. The molecule has 14 heavy (non-hydrogen) atoms. The zero-order valence-electron chi connectivity index (χ0n) is 7.97. The third-order valence-corrected chi connectivity index (χ3v) is 3.08. The highest BCUT2D eigenvalue weighted by atomic mass is 32.2. The second kappa shape index (κ2) is 4.54. The SMILES string of the molecule is Cn1cc(S(=O)(=O)NCCCN)cn1. The van der Waals surface area contributed by atoms with Crippen LogP contribution in [0.5, 0.6) is 0 Å². The van der Waals surface area contributed by atoms with E-state index in [1.54, 1.807) is 7.05 Å². The number of hydrogen-bond donors (Lipinski definition) is 2. The molecule has 80 valence electrons. The number of aryl methyl sites for hydroxylation is 1. The molecule has 0 aliphatic heterocycles. The molecule has 0 aromatic carbocycles. The largest absolute Gasteiger partial charge is 0.330 e. The first-order valence-corrected chi connectivity index (χ1v) is 5.73. The average molecular weight is 218 g/mol. The summed E-state index contributed by atoms with van der Waals surface area (Å²) in [6.45, 7) is 0.823. The van der Waals surface area contributed by atoms with Gasteiger partial charge in [-0.2, -0.15) is 5.10 Å². The van der Waals surface area contributed by atoms with Crippen molar-refractivity contribution < 1.29 is 8.42 Å². The van der Waals surface area contributed by atoms with Gasteiger partial charge in [-0.1, -0.05) is 0 Å². The average Bonchev–Trinajstić information content (AvgIpc) is 2.53. The maximum absolute atomic E-state index is 11.5. The fourth-order valence-corrected chi connectivity index (χ4v) is 1.99. The Hall–Kier alpha value is -0.920. The highest BCUT2D eigenvalue weighted by molar-refractivity contribution is 7.89. The third-order valence-electron chi connectivity index (χ3n) is 1.66. The number of nitrogens with zero attached hydrogens (tertiary/aromatic N) is 2. The van der Waals surface area contributed by atoms with Gasteiger partial charge in [-0.3, -0.25) is 4.68 Å². The molecular weight excluding hydrogens is 204 g/mol. The molecule has 0 saturated heterocycles. The Labute approximate surface area is 83.1 Å². The van der Waals surface area contributed by atoms with Crippen molar-refractivity contribution in [3.63, 3.8) is 0 Å². The standard InChI is InChI=1S/C7H14N4O2S/c1-11-6-7(5-9-11)14(12,13)10-4-2-3-8/h5-6,10H,2-4,8H2,1H3. The number of rotatable bonds is 5. The molecule has 0 spiro atoms. The van der Waals surface area contributed by atoms with Gasteiger partial charge < -0.3 is 5.73 Å². The van der Waals surface area contributed by atoms with Crippen LogP contribution >= 0.6 is 0 Å². The predicted octanol–water partition coefficient (Wildman–Crippen LogP) is -0.953. The molecule has 0 saturated carbocycles. The van der Waals surface area contributed by atoms with Crippen LogP contribution in [0.1, 0.15) is 6.42 Å². The van der Waals surface area contributed by atoms with Crippen LogP contribution in [-0.2, 0) is 17.1 Å². The van der Waals surface area contributed by atoms with E-state index in [0.29, 0.717) is 19.5 Å². The minimum atomic E-state index is -3.40. The van der Waals surface area contributed by atoms with E-state index in [0.717, 1.165) is 0 Å². The Bertz CT molecular complexity index is 384. The lowest BCUT2D eigenvalue weighted by Gasteiger charge is -2.02. The van der Waals surface area contributed by atoms with Crippen LogP contribution in [0.15, 0.2) is 17.3 Å². The lowest BCUT2D eigenvalue weighted by Crippen LogP contribution is -2.25. The van der Waals surface area contributed by atoms with Gasteiger partial charge in [0, 0.05) is 19.8 Å². The van der Waals surface area contributed by atoms with E-state index in [9.17, 15) is 8.42 Å². The number of nitrogens with two attached hydrogens (primary N) is 1. The van der Waals surface area contributed by atoms with E-state index < -0.39 is 10.0 Å². The van der Waals surface area contributed by atoms with Crippen molar-refractivity contribution >= 4 is 10.0 Å². The highest BCUT2D eigenvalue weighted by Crippen LogP contribution is 2.05. The molecule has 1 rings (SSSR count). The molecule has 0 radical (unpaired) electrons. The van der Waals surface area contributed by atoms with Crippen LogP contribution in [0.25, 0.3) is 0 Å². The molecule has 7 heteroatoms. The second-order valence-electron chi connectivity index (χ2n) is 2.89. The van der Waals surface area contributed by atoms with E-state index in [-0.39, 0.29) is 4.90 Å². The zero-order chi connectivity index (χ0) is 10.6. The summed E-state index contributed by atoms with van der Waals surface area (Å²) in [5.41, 5.74) is 5.25. The molecule has 0 aliphatic rings. The quantitative estimate of drug-likeness (QED) is 0.623. The van der Waals surface area contributed by atoms with Gasteiger partial charge in [0.25, 0.3) is 0 Å². The van der Waals surface area contributed by atoms with Crippen molar-refractivity contribution in [3.8, 4) is 0 Å². The molecule has 1 aromatic rings. The summed E-state index contributed by atoms with van der Waals surface area (Å²) in [6, 6.07) is 0. The lowest BCUT2D eigenvalue weighted by atomic mass is 10.4. The van der Waals surface area contributed by atoms with Gasteiger partial charge >= 0.3 is 0 Å². The maximum atomic E-state index is 11.5. The van der Waals surface area contributed by atoms with Gasteiger partial charge in [0.15, 0.2) is 0 Å². The van der Waals surface area contributed by atoms with Crippen molar-refractivity contribution in [2.75, 3.05) is 13.1 Å². The van der Waals surface area contributed by atoms with Crippen LogP contribution in [0.4, 0.5) is 0 Å². The zero-order valence-corrected chi connectivity index (χ0v) is 8.79. The van der Waals surface area contributed by atoms with Gasteiger partial charge in [-0.05, 0) is 13.0 Å². The van der Waals surface area contributed by atoms with Crippen LogP contribution in [0.3, 0.4) is 0 Å². The van der Waals surface area contributed by atoms with Crippen molar-refractivity contribution in [1.82, 2.24) is 14.5 Å². The summed E-state index contributed by atoms with van der Waals surface area (Å²) < 4.78 is 26.9. The third kappa shape index (κ3) is 2.79. The molecule has 1 aromatic heterocycles. The molecule has 0 aliphatic carbocycles. The fraction of sp³-hybridized carbons (Fsp3) is 0.571. The Morgan fingerprint density at radius 3 is 2.86 bits per heavy atom. The Morgan fingerprint density at radius 1 is 1.64 bits per heavy atom. The summed E-state index contributed by atoms with van der Waals surface area (Å²) in [7, 11) is -1.74. The summed E-state index contributed by atoms with van der Waals surface area (Å²) >= 11 is 0. The van der Waals surface area contributed by atoms with E-state index >= 15 is 0 Å². The first-order valence-electron chi connectivity index (χ1n) is 4.24. The molecule has 1 heterocycles. The monoisotopic (exact) mass is 218 g/mol. The van der Waals surface area contributed by atoms with Crippen molar-refractivity contribution in [2.45, 2.75) is 11.3 Å². The molecule has 0 bridgehead atoms. The summed E-state index contributed by atoms with van der Waals surface area (Å²) in [5.74, 6) is 0. The summed E-state index contributed by atoms with van der Waals surface area (Å²) in [4.78, 5) is 0.178. The van der Waals surface area contributed by atoms with Gasteiger partial charge in [0.05, 0.1) is 6.20 Å². The number of hydrogen-bond acceptors (Lipinski definition) is 4. The smallest absolute Gasteiger partial charge is 0.243 e. The van der Waals surface area contributed by atoms with Crippen LogP contribution in [0, 0.1) is 0 Å². The fourth-order valence-electron chi connectivity index (χ4n) is 0.929. The lowest BCUT2D eigenvalue weighted by molar-refractivity contribution is 0.579. The minimum Gasteiger partial charge on any atom is -0.330 e. The van der Waals surface area contributed by atoms with Crippen LogP contribution < -0.4 is 10.5 Å². The molecule has 0 amide bonds. The van der Waals surface area contributed by atoms with Gasteiger partial charge in [-0.15, -0.1) is 0 Å². The molecule has 3 N–H and O–H groups in total. The summed E-state index contributed by atoms with van der Waals surface area (Å²) in [6.07, 6.45) is 3.38. The Morgan fingerprint density at radius 2 is 2.36 bits per heavy atom. The van der Waals surface area contributed by atoms with Gasteiger partial charge in [-0.25, -0.2) is 13.1 Å². The second-order valence-corrected chi connectivity index (χ2v) is 4.66. The molecular formula is C7H14N4O2S. The van der Waals surface area contributed by atoms with Crippen molar-refractivity contribution in [3.05, 3.63) is 12.4 Å². The minimum absolute atomic E-state index is 0.178. The van der Waals surface area contributed by atoms with E-state index in [1.165, 1.54) is 17.1 Å². The van der Waals surface area contributed by atoms with Gasteiger partial charge in [0.1, 0.15) is 4.90 Å². The van der Waals surface area contributed by atoms with Gasteiger partial charge in [0.2, 0.25) is 10.0 Å². The summed E-state index contributed by atoms with van der Waals surface area (Å²) in [5, 5.41) is 3.78. The normalized spacial score (nSPS) is 11.9. The number of aromatic nitrogens is 2. The van der Waals surface area contributed by atoms with Crippen LogP contribution in [0.2, 0.25) is 0 Å². The highest BCUT2D eigenvalue weighted by Gasteiger charge is 2.14. The Balaban J connectivity index is 2.66. The number of nitrogens with one attached hydrogen (secondary N) is 1. The molecule has 6 nitrogen and oxygen atoms in total. The molecule has 0 fully saturated rings. The van der Waals surface area contributed by atoms with Crippen molar-refractivity contribution in [2.24, 2.45) is 12.8 Å².